The van der Waals surface area contributed by atoms with E-state index in [1.54, 1.807) is 24.3 Å². The molecule has 0 saturated carbocycles. The molecule has 1 aromatic rings. The Morgan fingerprint density at radius 1 is 1.11 bits per heavy atom. The first kappa shape index (κ1) is 12.0. The maximum absolute atomic E-state index is 8.63. The first-order valence-electron chi connectivity index (χ1n) is 2.13. The van der Waals surface area contributed by atoms with Crippen LogP contribution in [0, 0.1) is 0 Å². The Kier molecular flexibility index (Phi) is 8.59. The van der Waals surface area contributed by atoms with Crippen molar-refractivity contribution >= 4 is 40.1 Å². The second kappa shape index (κ2) is 6.43. The van der Waals surface area contributed by atoms with Crippen molar-refractivity contribution in [3.8, 4) is 5.75 Å². The number of rotatable bonds is 0. The Hall–Kier alpha value is 0.306. The van der Waals surface area contributed by atoms with Crippen LogP contribution in [-0.4, -0.2) is 45.2 Å². The number of hydrogen-bond acceptors (Lipinski definition) is 1. The van der Waals surface area contributed by atoms with Crippen molar-refractivity contribution in [2.75, 3.05) is 0 Å². The summed E-state index contributed by atoms with van der Waals surface area (Å²) in [6, 6.07) is 8.71. The molecule has 0 heterocycles. The van der Waals surface area contributed by atoms with Gasteiger partial charge in [0.1, 0.15) is 5.75 Å². The van der Waals surface area contributed by atoms with Crippen LogP contribution in [0.3, 0.4) is 0 Å². The fourth-order valence-electron chi connectivity index (χ4n) is 0.428. The van der Waals surface area contributed by atoms with Crippen LogP contribution in [-0.2, 0) is 0 Å². The average molecular weight is 201 g/mol. The van der Waals surface area contributed by atoms with Gasteiger partial charge in [-0.3, -0.25) is 0 Å². The topological polar surface area (TPSA) is 20.2 Å². The molecule has 0 spiro atoms. The Labute approximate surface area is 84.1 Å². The summed E-state index contributed by atoms with van der Waals surface area (Å²) in [7, 11) is 0. The molecule has 0 unspecified atom stereocenters. The maximum atomic E-state index is 8.63. The van der Waals surface area contributed by atoms with E-state index in [4.69, 9.17) is 5.11 Å². The Morgan fingerprint density at radius 2 is 1.56 bits per heavy atom. The van der Waals surface area contributed by atoms with Crippen molar-refractivity contribution in [2.24, 2.45) is 0 Å². The fourth-order valence-corrected chi connectivity index (χ4v) is 0.428. The molecule has 0 radical (unpaired) electrons. The van der Waals surface area contributed by atoms with E-state index in [0.717, 1.165) is 0 Å². The van der Waals surface area contributed by atoms with Crippen molar-refractivity contribution in [3.05, 3.63) is 30.3 Å². The molecule has 3 heteroatoms. The van der Waals surface area contributed by atoms with Crippen LogP contribution < -0.4 is 0 Å². The first-order valence-corrected chi connectivity index (χ1v) is 2.13. The normalized spacial score (nSPS) is 6.67. The third kappa shape index (κ3) is 4.79. The van der Waals surface area contributed by atoms with E-state index in [-0.39, 0.29) is 43.0 Å². The van der Waals surface area contributed by atoms with E-state index in [1.807, 2.05) is 6.07 Å². The van der Waals surface area contributed by atoms with E-state index in [9.17, 15) is 0 Å². The minimum atomic E-state index is 0. The van der Waals surface area contributed by atoms with Crippen LogP contribution in [0.4, 0.5) is 0 Å². The third-order valence-corrected chi connectivity index (χ3v) is 0.756. The zero-order valence-corrected chi connectivity index (χ0v) is 8.55. The molecule has 0 atom stereocenters. The molecule has 0 aliphatic rings. The molecule has 1 nitrogen and oxygen atoms in total. The summed E-state index contributed by atoms with van der Waals surface area (Å²) in [5.74, 6) is 0.322. The van der Waals surface area contributed by atoms with Crippen LogP contribution in [0.5, 0.6) is 5.75 Å². The Bertz CT molecular complexity index is 151. The second-order valence-corrected chi connectivity index (χ2v) is 1.34. The van der Waals surface area contributed by atoms with E-state index in [1.165, 1.54) is 0 Å². The fraction of sp³-hybridized carbons (Fsp3) is 0. The molecule has 0 aromatic heterocycles. The van der Waals surface area contributed by atoms with Crippen LogP contribution in [0.25, 0.3) is 0 Å². The van der Waals surface area contributed by atoms with Crippen LogP contribution in [0.1, 0.15) is 2.85 Å². The van der Waals surface area contributed by atoms with E-state index in [2.05, 4.69) is 0 Å². The van der Waals surface area contributed by atoms with Crippen molar-refractivity contribution in [1.29, 1.82) is 0 Å². The monoisotopic (exact) mass is 202 g/mol. The van der Waals surface area contributed by atoms with Gasteiger partial charge in [-0.1, -0.05) is 18.2 Å². The van der Waals surface area contributed by atoms with Gasteiger partial charge >= 0.3 is 40.1 Å². The number of phenols is 1. The van der Waals surface area contributed by atoms with Crippen LogP contribution in [0.15, 0.2) is 30.3 Å². The number of para-hydroxylation sites is 1. The summed E-state index contributed by atoms with van der Waals surface area (Å²) in [6.07, 6.45) is 0. The van der Waals surface area contributed by atoms with Gasteiger partial charge in [0.25, 0.3) is 0 Å². The SMILES string of the molecule is Oc1ccccc1.[H-].[H-].[Mg+2].[SeH2]. The zero-order valence-electron chi connectivity index (χ0n) is 7.04. The first-order chi connectivity index (χ1) is 3.39. The van der Waals surface area contributed by atoms with Gasteiger partial charge in [0.05, 0.1) is 0 Å². The third-order valence-electron chi connectivity index (χ3n) is 0.756. The van der Waals surface area contributed by atoms with Gasteiger partial charge in [-0.05, 0) is 12.1 Å². The molecule has 0 fully saturated rings. The summed E-state index contributed by atoms with van der Waals surface area (Å²) in [4.78, 5) is 0. The number of benzene rings is 1. The Balaban J connectivity index is -0.0000000612. The molecule has 0 amide bonds. The van der Waals surface area contributed by atoms with Crippen molar-refractivity contribution in [1.82, 2.24) is 0 Å². The summed E-state index contributed by atoms with van der Waals surface area (Å²) in [5, 5.41) is 8.63. The van der Waals surface area contributed by atoms with Gasteiger partial charge in [0.2, 0.25) is 0 Å². The second-order valence-electron chi connectivity index (χ2n) is 1.34. The number of phenolic OH excluding ortho intramolecular Hbond substituents is 1. The predicted molar refractivity (Wildman–Crippen MR) is 44.6 cm³/mol. The minimum absolute atomic E-state index is 0. The molecular formula is C6H10MgOSe. The molecule has 1 aromatic carbocycles. The summed E-state index contributed by atoms with van der Waals surface area (Å²) >= 11 is 0. The van der Waals surface area contributed by atoms with Gasteiger partial charge in [0.15, 0.2) is 0 Å². The number of aromatic hydroxyl groups is 1. The van der Waals surface area contributed by atoms with Crippen LogP contribution >= 0.6 is 0 Å². The predicted octanol–water partition coefficient (Wildman–Crippen LogP) is 0.320. The van der Waals surface area contributed by atoms with Crippen molar-refractivity contribution in [2.45, 2.75) is 0 Å². The zero-order chi connectivity index (χ0) is 5.11. The summed E-state index contributed by atoms with van der Waals surface area (Å²) in [6.45, 7) is 0. The van der Waals surface area contributed by atoms with Crippen molar-refractivity contribution < 1.29 is 7.96 Å². The van der Waals surface area contributed by atoms with Gasteiger partial charge in [-0.2, -0.15) is 0 Å². The molecule has 9 heavy (non-hydrogen) atoms. The molecule has 0 saturated heterocycles. The van der Waals surface area contributed by atoms with Crippen molar-refractivity contribution in [3.63, 3.8) is 0 Å². The molecule has 1 rings (SSSR count). The van der Waals surface area contributed by atoms with E-state index < -0.39 is 0 Å². The van der Waals surface area contributed by atoms with Gasteiger partial charge in [-0.25, -0.2) is 0 Å². The number of hydrogen-bond donors (Lipinski definition) is 1. The molecular weight excluding hydrogens is 191 g/mol. The van der Waals surface area contributed by atoms with Gasteiger partial charge in [0, 0.05) is 0 Å². The molecule has 0 aliphatic heterocycles. The van der Waals surface area contributed by atoms with Gasteiger partial charge < -0.3 is 7.96 Å². The summed E-state index contributed by atoms with van der Waals surface area (Å²) < 4.78 is 0. The molecule has 0 aliphatic carbocycles. The molecule has 0 bridgehead atoms. The van der Waals surface area contributed by atoms with E-state index >= 15 is 0 Å². The molecule has 48 valence electrons. The molecule has 1 N–H and O–H groups in total. The van der Waals surface area contributed by atoms with Crippen LogP contribution in [0.2, 0.25) is 0 Å². The quantitative estimate of drug-likeness (QED) is 0.600. The van der Waals surface area contributed by atoms with Gasteiger partial charge in [-0.15, -0.1) is 0 Å². The van der Waals surface area contributed by atoms with E-state index in [0.29, 0.717) is 5.75 Å². The average Bonchev–Trinajstić information content (AvgIpc) is 1.69. The summed E-state index contributed by atoms with van der Waals surface area (Å²) in [5.41, 5.74) is 0. The Morgan fingerprint density at radius 3 is 1.78 bits per heavy atom. The standard InChI is InChI=1S/C6H6O.Mg.H2Se.2H/c7-6-4-2-1-3-5-6;;;;/h1-5,7H;;1H2;;/q;+2;;2*-1.